The summed E-state index contributed by atoms with van der Waals surface area (Å²) < 4.78 is 42.1. The van der Waals surface area contributed by atoms with E-state index in [4.69, 9.17) is 16.3 Å². The minimum absolute atomic E-state index is 0.0527. The molecule has 0 unspecified atom stereocenters. The van der Waals surface area contributed by atoms with Gasteiger partial charge in [0.1, 0.15) is 11.6 Å². The molecule has 0 aromatic heterocycles. The van der Waals surface area contributed by atoms with Gasteiger partial charge in [-0.3, -0.25) is 4.79 Å². The fourth-order valence-electron chi connectivity index (χ4n) is 2.99. The molecular weight excluding hydrogens is 393 g/mol. The van der Waals surface area contributed by atoms with Crippen LogP contribution in [0.25, 0.3) is 0 Å². The predicted octanol–water partition coefficient (Wildman–Crippen LogP) is 3.07. The second kappa shape index (κ2) is 8.27. The lowest BCUT2D eigenvalue weighted by Gasteiger charge is -2.28. The normalized spacial score (nSPS) is 18.2. The summed E-state index contributed by atoms with van der Waals surface area (Å²) in [7, 11) is -3.14. The molecular formula is C19H19ClFNO4S. The molecule has 8 heteroatoms. The highest BCUT2D eigenvalue weighted by Crippen LogP contribution is 2.21. The second-order valence-corrected chi connectivity index (χ2v) is 9.11. The molecule has 5 nitrogen and oxygen atoms in total. The van der Waals surface area contributed by atoms with Crippen LogP contribution in [-0.2, 0) is 21.2 Å². The van der Waals surface area contributed by atoms with Gasteiger partial charge in [-0.2, -0.15) is 0 Å². The molecule has 27 heavy (non-hydrogen) atoms. The SMILES string of the molecule is O=C(COc1ccc(F)cc1)N(Cc1ccc(Cl)cc1)[C@@H]1CCS(=O)(=O)C1. The molecule has 144 valence electrons. The van der Waals surface area contributed by atoms with Gasteiger partial charge in [0.05, 0.1) is 11.5 Å². The third kappa shape index (κ3) is 5.43. The van der Waals surface area contributed by atoms with Crippen molar-refractivity contribution in [3.63, 3.8) is 0 Å². The van der Waals surface area contributed by atoms with Crippen molar-refractivity contribution >= 4 is 27.3 Å². The molecule has 1 saturated heterocycles. The first-order valence-electron chi connectivity index (χ1n) is 8.45. The van der Waals surface area contributed by atoms with E-state index in [2.05, 4.69) is 0 Å². The molecule has 2 aromatic carbocycles. The Morgan fingerprint density at radius 2 is 1.81 bits per heavy atom. The Hall–Kier alpha value is -2.12. The number of rotatable bonds is 6. The fraction of sp³-hybridized carbons (Fsp3) is 0.316. The van der Waals surface area contributed by atoms with Crippen LogP contribution in [0.15, 0.2) is 48.5 Å². The van der Waals surface area contributed by atoms with Crippen LogP contribution < -0.4 is 4.74 Å². The van der Waals surface area contributed by atoms with Crippen LogP contribution in [-0.4, -0.2) is 43.4 Å². The first-order chi connectivity index (χ1) is 12.8. The van der Waals surface area contributed by atoms with E-state index in [0.717, 1.165) is 5.56 Å². The van der Waals surface area contributed by atoms with Crippen molar-refractivity contribution in [2.75, 3.05) is 18.1 Å². The lowest BCUT2D eigenvalue weighted by atomic mass is 10.1. The monoisotopic (exact) mass is 411 g/mol. The lowest BCUT2D eigenvalue weighted by molar-refractivity contribution is -0.136. The van der Waals surface area contributed by atoms with E-state index in [1.807, 2.05) is 0 Å². The Morgan fingerprint density at radius 3 is 2.41 bits per heavy atom. The number of carbonyl (C=O) groups is 1. The molecule has 0 saturated carbocycles. The number of benzene rings is 2. The summed E-state index contributed by atoms with van der Waals surface area (Å²) in [6, 6.07) is 12.0. The number of hydrogen-bond donors (Lipinski definition) is 0. The zero-order valence-electron chi connectivity index (χ0n) is 14.5. The maximum Gasteiger partial charge on any atom is 0.261 e. The highest BCUT2D eigenvalue weighted by atomic mass is 35.5. The smallest absolute Gasteiger partial charge is 0.261 e. The second-order valence-electron chi connectivity index (χ2n) is 6.45. The van der Waals surface area contributed by atoms with Crippen molar-refractivity contribution in [2.24, 2.45) is 0 Å². The zero-order valence-corrected chi connectivity index (χ0v) is 16.0. The van der Waals surface area contributed by atoms with Gasteiger partial charge < -0.3 is 9.64 Å². The fourth-order valence-corrected chi connectivity index (χ4v) is 4.84. The van der Waals surface area contributed by atoms with Crippen LogP contribution in [0.5, 0.6) is 5.75 Å². The zero-order chi connectivity index (χ0) is 19.4. The molecule has 3 rings (SSSR count). The van der Waals surface area contributed by atoms with Gasteiger partial charge in [0, 0.05) is 17.6 Å². The molecule has 1 aliphatic heterocycles. The van der Waals surface area contributed by atoms with E-state index in [1.54, 1.807) is 24.3 Å². The maximum atomic E-state index is 13.0. The Bertz CT molecular complexity index is 900. The van der Waals surface area contributed by atoms with E-state index in [9.17, 15) is 17.6 Å². The summed E-state index contributed by atoms with van der Waals surface area (Å²) in [6.45, 7) is 0.0126. The van der Waals surface area contributed by atoms with Gasteiger partial charge in [-0.25, -0.2) is 12.8 Å². The highest BCUT2D eigenvalue weighted by Gasteiger charge is 2.34. The number of halogens is 2. The average Bonchev–Trinajstić information content (AvgIpc) is 3.00. The molecule has 2 aromatic rings. The van der Waals surface area contributed by atoms with Gasteiger partial charge in [-0.15, -0.1) is 0 Å². The Morgan fingerprint density at radius 1 is 1.15 bits per heavy atom. The molecule has 1 amide bonds. The van der Waals surface area contributed by atoms with E-state index in [-0.39, 0.29) is 30.6 Å². The summed E-state index contributed by atoms with van der Waals surface area (Å²) in [5, 5.41) is 0.583. The molecule has 0 bridgehead atoms. The summed E-state index contributed by atoms with van der Waals surface area (Å²) in [5.41, 5.74) is 0.846. The number of carbonyl (C=O) groups excluding carboxylic acids is 1. The molecule has 0 radical (unpaired) electrons. The van der Waals surface area contributed by atoms with Crippen molar-refractivity contribution in [3.8, 4) is 5.75 Å². The Balaban J connectivity index is 1.72. The number of hydrogen-bond acceptors (Lipinski definition) is 4. The highest BCUT2D eigenvalue weighted by molar-refractivity contribution is 7.91. The van der Waals surface area contributed by atoms with Crippen LogP contribution >= 0.6 is 11.6 Å². The van der Waals surface area contributed by atoms with Crippen molar-refractivity contribution in [2.45, 2.75) is 19.0 Å². The number of nitrogens with zero attached hydrogens (tertiary/aromatic N) is 1. The van der Waals surface area contributed by atoms with Crippen LogP contribution in [0.4, 0.5) is 4.39 Å². The third-order valence-electron chi connectivity index (χ3n) is 4.41. The molecule has 1 heterocycles. The number of ether oxygens (including phenoxy) is 1. The van der Waals surface area contributed by atoms with Gasteiger partial charge in [0.25, 0.3) is 5.91 Å². The van der Waals surface area contributed by atoms with E-state index in [1.165, 1.54) is 29.2 Å². The quantitative estimate of drug-likeness (QED) is 0.732. The van der Waals surface area contributed by atoms with Gasteiger partial charge in [-0.1, -0.05) is 23.7 Å². The van der Waals surface area contributed by atoms with Gasteiger partial charge in [0.15, 0.2) is 16.4 Å². The first kappa shape index (κ1) is 19.6. The third-order valence-corrected chi connectivity index (χ3v) is 6.41. The number of sulfone groups is 1. The predicted molar refractivity (Wildman–Crippen MR) is 101 cm³/mol. The van der Waals surface area contributed by atoms with E-state index < -0.39 is 21.7 Å². The Labute approximate surface area is 162 Å². The molecule has 0 N–H and O–H groups in total. The van der Waals surface area contributed by atoms with E-state index in [0.29, 0.717) is 17.2 Å². The van der Waals surface area contributed by atoms with Gasteiger partial charge in [-0.05, 0) is 48.4 Å². The van der Waals surface area contributed by atoms with Crippen LogP contribution in [0.3, 0.4) is 0 Å². The number of amides is 1. The summed E-state index contributed by atoms with van der Waals surface area (Å²) in [5.74, 6) is -0.329. The molecule has 0 spiro atoms. The lowest BCUT2D eigenvalue weighted by Crippen LogP contribution is -2.43. The molecule has 1 aliphatic rings. The average molecular weight is 412 g/mol. The van der Waals surface area contributed by atoms with Crippen molar-refractivity contribution < 1.29 is 22.3 Å². The van der Waals surface area contributed by atoms with Gasteiger partial charge >= 0.3 is 0 Å². The minimum Gasteiger partial charge on any atom is -0.484 e. The van der Waals surface area contributed by atoms with Crippen LogP contribution in [0.2, 0.25) is 5.02 Å². The molecule has 1 atom stereocenters. The Kier molecular flexibility index (Phi) is 6.01. The summed E-state index contributed by atoms with van der Waals surface area (Å²) in [4.78, 5) is 14.3. The standard InChI is InChI=1S/C19H19ClFNO4S/c20-15-3-1-14(2-4-15)11-22(17-9-10-27(24,25)13-17)19(23)12-26-18-7-5-16(21)6-8-18/h1-8,17H,9-13H2/t17-/m1/s1. The van der Waals surface area contributed by atoms with E-state index >= 15 is 0 Å². The summed E-state index contributed by atoms with van der Waals surface area (Å²) in [6.07, 6.45) is 0.401. The van der Waals surface area contributed by atoms with Crippen LogP contribution in [0, 0.1) is 5.82 Å². The van der Waals surface area contributed by atoms with Gasteiger partial charge in [0.2, 0.25) is 0 Å². The van der Waals surface area contributed by atoms with Crippen molar-refractivity contribution in [3.05, 3.63) is 64.9 Å². The topological polar surface area (TPSA) is 63.7 Å². The molecule has 1 fully saturated rings. The van der Waals surface area contributed by atoms with Crippen molar-refractivity contribution in [1.29, 1.82) is 0 Å². The molecule has 0 aliphatic carbocycles. The minimum atomic E-state index is -3.14. The van der Waals surface area contributed by atoms with Crippen LogP contribution in [0.1, 0.15) is 12.0 Å². The summed E-state index contributed by atoms with van der Waals surface area (Å²) >= 11 is 5.90. The van der Waals surface area contributed by atoms with Crippen molar-refractivity contribution in [1.82, 2.24) is 4.90 Å². The largest absolute Gasteiger partial charge is 0.484 e. The maximum absolute atomic E-state index is 13.0. The first-order valence-corrected chi connectivity index (χ1v) is 10.6.